The summed E-state index contributed by atoms with van der Waals surface area (Å²) in [5, 5.41) is 0. The van der Waals surface area contributed by atoms with Crippen LogP contribution in [0.15, 0.2) is 0 Å². The lowest BCUT2D eigenvalue weighted by atomic mass is 9.77. The number of methoxy groups -OCH3 is 1. The molecule has 1 aliphatic carbocycles. The molecule has 0 aromatic heterocycles. The molecule has 1 saturated carbocycles. The highest BCUT2D eigenvalue weighted by Gasteiger charge is 2.26. The van der Waals surface area contributed by atoms with Crippen molar-refractivity contribution in [3.05, 3.63) is 0 Å². The number of hydrogen-bond donors (Lipinski definition) is 0. The third-order valence-corrected chi connectivity index (χ3v) is 3.35. The average molecular weight is 170 g/mol. The molecule has 12 heavy (non-hydrogen) atoms. The highest BCUT2D eigenvalue weighted by Crippen LogP contribution is 2.33. The number of ether oxygens (including phenoxy) is 1. The zero-order valence-electron chi connectivity index (χ0n) is 8.68. The summed E-state index contributed by atoms with van der Waals surface area (Å²) >= 11 is 0. The summed E-state index contributed by atoms with van der Waals surface area (Å²) < 4.78 is 5.46. The molecule has 0 bridgehead atoms. The van der Waals surface area contributed by atoms with E-state index < -0.39 is 0 Å². The maximum Gasteiger partial charge on any atom is 0.0576 e. The molecule has 0 aromatic rings. The molecule has 0 unspecified atom stereocenters. The molecule has 0 radical (unpaired) electrons. The molecular formula is C11H22O. The molecule has 3 atom stereocenters. The van der Waals surface area contributed by atoms with Crippen molar-refractivity contribution in [3.63, 3.8) is 0 Å². The molecule has 1 heteroatoms. The molecule has 0 heterocycles. The van der Waals surface area contributed by atoms with Crippen molar-refractivity contribution in [3.8, 4) is 0 Å². The smallest absolute Gasteiger partial charge is 0.0576 e. The van der Waals surface area contributed by atoms with E-state index in [9.17, 15) is 0 Å². The Bertz CT molecular complexity index is 92.4. The molecule has 0 spiro atoms. The Balaban J connectivity index is 2.41. The van der Waals surface area contributed by atoms with Gasteiger partial charge in [-0.05, 0) is 31.1 Å². The summed E-state index contributed by atoms with van der Waals surface area (Å²) in [4.78, 5) is 0. The minimum Gasteiger partial charge on any atom is -0.381 e. The monoisotopic (exact) mass is 170 g/mol. The van der Waals surface area contributed by atoms with Crippen LogP contribution in [0.5, 0.6) is 0 Å². The van der Waals surface area contributed by atoms with Crippen molar-refractivity contribution in [1.82, 2.24) is 0 Å². The first-order chi connectivity index (χ1) is 5.80. The van der Waals surface area contributed by atoms with E-state index in [1.165, 1.54) is 32.1 Å². The highest BCUT2D eigenvalue weighted by atomic mass is 16.5. The van der Waals surface area contributed by atoms with E-state index >= 15 is 0 Å². The fourth-order valence-corrected chi connectivity index (χ4v) is 2.36. The van der Waals surface area contributed by atoms with Crippen molar-refractivity contribution in [2.24, 2.45) is 11.8 Å². The van der Waals surface area contributed by atoms with E-state index in [2.05, 4.69) is 13.8 Å². The molecule has 0 N–H and O–H groups in total. The van der Waals surface area contributed by atoms with Gasteiger partial charge in [-0.2, -0.15) is 0 Å². The summed E-state index contributed by atoms with van der Waals surface area (Å²) in [6.45, 7) is 4.60. The Morgan fingerprint density at radius 3 is 1.83 bits per heavy atom. The van der Waals surface area contributed by atoms with Crippen molar-refractivity contribution < 1.29 is 4.74 Å². The van der Waals surface area contributed by atoms with Crippen molar-refractivity contribution >= 4 is 0 Å². The molecule has 0 aromatic carbocycles. The Morgan fingerprint density at radius 1 is 1.00 bits per heavy atom. The third-order valence-electron chi connectivity index (χ3n) is 3.35. The van der Waals surface area contributed by atoms with E-state index in [-0.39, 0.29) is 0 Å². The lowest BCUT2D eigenvalue weighted by Crippen LogP contribution is -2.27. The van der Waals surface area contributed by atoms with Crippen LogP contribution in [0.4, 0.5) is 0 Å². The van der Waals surface area contributed by atoms with Crippen LogP contribution in [-0.4, -0.2) is 13.2 Å². The summed E-state index contributed by atoms with van der Waals surface area (Å²) in [6.07, 6.45) is 7.24. The van der Waals surface area contributed by atoms with Gasteiger partial charge in [0.25, 0.3) is 0 Å². The van der Waals surface area contributed by atoms with E-state index in [0.29, 0.717) is 6.10 Å². The van der Waals surface area contributed by atoms with Gasteiger partial charge in [0.15, 0.2) is 0 Å². The van der Waals surface area contributed by atoms with E-state index in [1.54, 1.807) is 0 Å². The van der Waals surface area contributed by atoms with Crippen LogP contribution in [0, 0.1) is 11.8 Å². The van der Waals surface area contributed by atoms with Gasteiger partial charge < -0.3 is 4.74 Å². The predicted octanol–water partition coefficient (Wildman–Crippen LogP) is 3.24. The van der Waals surface area contributed by atoms with Crippen molar-refractivity contribution in [2.75, 3.05) is 7.11 Å². The SMILES string of the molecule is CC[C@@H]1C[C@H](CC)C[C@H](OC)C1. The molecule has 1 nitrogen and oxygen atoms in total. The number of rotatable bonds is 3. The van der Waals surface area contributed by atoms with Crippen LogP contribution in [-0.2, 0) is 4.74 Å². The zero-order chi connectivity index (χ0) is 8.97. The van der Waals surface area contributed by atoms with Gasteiger partial charge >= 0.3 is 0 Å². The standard InChI is InChI=1S/C11H22O/c1-4-9-6-10(5-2)8-11(7-9)12-3/h9-11H,4-8H2,1-3H3/t9-,10+,11-. The average Bonchev–Trinajstić information content (AvgIpc) is 2.16. The minimum absolute atomic E-state index is 0.550. The van der Waals surface area contributed by atoms with Gasteiger partial charge in [0.1, 0.15) is 0 Å². The van der Waals surface area contributed by atoms with Gasteiger partial charge in [0.05, 0.1) is 6.10 Å². The molecule has 0 saturated heterocycles. The quantitative estimate of drug-likeness (QED) is 0.632. The van der Waals surface area contributed by atoms with Gasteiger partial charge in [0, 0.05) is 7.11 Å². The van der Waals surface area contributed by atoms with E-state index in [1.807, 2.05) is 7.11 Å². The fourth-order valence-electron chi connectivity index (χ4n) is 2.36. The minimum atomic E-state index is 0.550. The summed E-state index contributed by atoms with van der Waals surface area (Å²) in [6, 6.07) is 0. The zero-order valence-corrected chi connectivity index (χ0v) is 8.68. The second-order valence-corrected chi connectivity index (χ2v) is 4.11. The van der Waals surface area contributed by atoms with E-state index in [4.69, 9.17) is 4.74 Å². The molecule has 72 valence electrons. The molecule has 1 aliphatic rings. The highest BCUT2D eigenvalue weighted by molar-refractivity contribution is 4.77. The van der Waals surface area contributed by atoms with Gasteiger partial charge in [-0.15, -0.1) is 0 Å². The van der Waals surface area contributed by atoms with Gasteiger partial charge in [-0.1, -0.05) is 26.7 Å². The molecule has 1 fully saturated rings. The summed E-state index contributed by atoms with van der Waals surface area (Å²) in [5.41, 5.74) is 0. The predicted molar refractivity (Wildman–Crippen MR) is 52.2 cm³/mol. The first-order valence-electron chi connectivity index (χ1n) is 5.32. The lowest BCUT2D eigenvalue weighted by Gasteiger charge is -2.33. The van der Waals surface area contributed by atoms with Crippen LogP contribution in [0.3, 0.4) is 0 Å². The molecular weight excluding hydrogens is 148 g/mol. The van der Waals surface area contributed by atoms with E-state index in [0.717, 1.165) is 11.8 Å². The Hall–Kier alpha value is -0.0400. The Labute approximate surface area is 76.5 Å². The van der Waals surface area contributed by atoms with Gasteiger partial charge in [-0.25, -0.2) is 0 Å². The Kier molecular flexibility index (Phi) is 4.07. The molecule has 0 aliphatic heterocycles. The normalized spacial score (nSPS) is 36.8. The maximum absolute atomic E-state index is 5.46. The van der Waals surface area contributed by atoms with Crippen LogP contribution in [0.25, 0.3) is 0 Å². The third kappa shape index (κ3) is 2.48. The maximum atomic E-state index is 5.46. The molecule has 0 amide bonds. The largest absolute Gasteiger partial charge is 0.381 e. The second-order valence-electron chi connectivity index (χ2n) is 4.11. The van der Waals surface area contributed by atoms with Crippen LogP contribution < -0.4 is 0 Å². The van der Waals surface area contributed by atoms with Gasteiger partial charge in [-0.3, -0.25) is 0 Å². The van der Waals surface area contributed by atoms with Crippen LogP contribution in [0.2, 0.25) is 0 Å². The summed E-state index contributed by atoms with van der Waals surface area (Å²) in [5.74, 6) is 1.85. The lowest BCUT2D eigenvalue weighted by molar-refractivity contribution is 0.0264. The van der Waals surface area contributed by atoms with Crippen molar-refractivity contribution in [1.29, 1.82) is 0 Å². The first-order valence-corrected chi connectivity index (χ1v) is 5.32. The number of hydrogen-bond acceptors (Lipinski definition) is 1. The Morgan fingerprint density at radius 2 is 1.50 bits per heavy atom. The topological polar surface area (TPSA) is 9.23 Å². The first kappa shape index (κ1) is 10.0. The van der Waals surface area contributed by atoms with Crippen LogP contribution in [0.1, 0.15) is 46.0 Å². The second kappa shape index (κ2) is 4.86. The van der Waals surface area contributed by atoms with Crippen LogP contribution >= 0.6 is 0 Å². The summed E-state index contributed by atoms with van der Waals surface area (Å²) in [7, 11) is 1.86. The molecule has 1 rings (SSSR count). The van der Waals surface area contributed by atoms with Gasteiger partial charge in [0.2, 0.25) is 0 Å². The van der Waals surface area contributed by atoms with Crippen molar-refractivity contribution in [2.45, 2.75) is 52.1 Å². The fraction of sp³-hybridized carbons (Fsp3) is 1.00.